The Labute approximate surface area is 216 Å². The molecule has 1 amide bonds. The van der Waals surface area contributed by atoms with Gasteiger partial charge in [0.05, 0.1) is 16.4 Å². The van der Waals surface area contributed by atoms with E-state index in [0.717, 1.165) is 38.7 Å². The number of hydrogen-bond acceptors (Lipinski definition) is 4. The monoisotopic (exact) mass is 547 g/mol. The maximum atomic E-state index is 12.9. The molecule has 0 radical (unpaired) electrons. The highest BCUT2D eigenvalue weighted by Gasteiger charge is 2.14. The zero-order valence-corrected chi connectivity index (χ0v) is 21.4. The number of hydrogen-bond donors (Lipinski definition) is 1. The summed E-state index contributed by atoms with van der Waals surface area (Å²) in [7, 11) is 1.84. The number of fused-ring (bicyclic) bond motifs is 2. The van der Waals surface area contributed by atoms with Gasteiger partial charge in [-0.15, -0.1) is 0 Å². The van der Waals surface area contributed by atoms with Crippen LogP contribution in [0.5, 0.6) is 0 Å². The van der Waals surface area contributed by atoms with E-state index >= 15 is 0 Å². The quantitative estimate of drug-likeness (QED) is 0.235. The molecule has 2 aromatic heterocycles. The van der Waals surface area contributed by atoms with Crippen molar-refractivity contribution in [3.63, 3.8) is 0 Å². The van der Waals surface area contributed by atoms with E-state index in [9.17, 15) is 4.79 Å². The van der Waals surface area contributed by atoms with Gasteiger partial charge in [-0.25, -0.2) is 4.98 Å². The first-order chi connectivity index (χ1) is 17.0. The normalized spacial score (nSPS) is 11.2. The van der Waals surface area contributed by atoms with Gasteiger partial charge >= 0.3 is 0 Å². The van der Waals surface area contributed by atoms with Gasteiger partial charge in [0.2, 0.25) is 0 Å². The number of halogens is 2. The van der Waals surface area contributed by atoms with Crippen LogP contribution in [-0.2, 0) is 0 Å². The van der Waals surface area contributed by atoms with Gasteiger partial charge in [-0.05, 0) is 51.3 Å². The predicted octanol–water partition coefficient (Wildman–Crippen LogP) is 6.54. The molecule has 176 valence electrons. The van der Waals surface area contributed by atoms with Crippen LogP contribution >= 0.6 is 27.5 Å². The largest absolute Gasteiger partial charge is 0.370 e. The second kappa shape index (κ2) is 10.1. The van der Waals surface area contributed by atoms with Crippen LogP contribution < -0.4 is 5.32 Å². The second-order valence-corrected chi connectivity index (χ2v) is 9.56. The summed E-state index contributed by atoms with van der Waals surface area (Å²) in [6.07, 6.45) is 2.49. The fourth-order valence-corrected chi connectivity index (χ4v) is 4.63. The Morgan fingerprint density at radius 3 is 2.66 bits per heavy atom. The minimum atomic E-state index is 0.0130. The average molecular weight is 549 g/mol. The molecule has 5 rings (SSSR count). The van der Waals surface area contributed by atoms with Gasteiger partial charge in [0.1, 0.15) is 5.82 Å². The second-order valence-electron chi connectivity index (χ2n) is 8.30. The lowest BCUT2D eigenvalue weighted by Crippen LogP contribution is -2.29. The number of carbonyl (C=O) groups excluding carboxylic acids is 1. The Morgan fingerprint density at radius 2 is 1.83 bits per heavy atom. The summed E-state index contributed by atoms with van der Waals surface area (Å²) in [6.45, 7) is 1.28. The Morgan fingerprint density at radius 1 is 1.06 bits per heavy atom. The van der Waals surface area contributed by atoms with E-state index in [1.165, 1.54) is 0 Å². The molecule has 6 nitrogen and oxygen atoms in total. The third-order valence-electron chi connectivity index (χ3n) is 5.90. The smallest absolute Gasteiger partial charge is 0.253 e. The average Bonchev–Trinajstić information content (AvgIpc) is 3.26. The molecule has 1 N–H and O–H groups in total. The molecule has 5 aromatic rings. The molecular formula is C27H23BrClN5O. The lowest BCUT2D eigenvalue weighted by Gasteiger charge is -2.18. The minimum Gasteiger partial charge on any atom is -0.370 e. The Kier molecular flexibility index (Phi) is 6.70. The molecule has 0 saturated carbocycles. The van der Waals surface area contributed by atoms with E-state index in [0.29, 0.717) is 29.3 Å². The highest BCUT2D eigenvalue weighted by molar-refractivity contribution is 9.10. The minimum absolute atomic E-state index is 0.0130. The van der Waals surface area contributed by atoms with Gasteiger partial charge in [0.15, 0.2) is 5.65 Å². The fraction of sp³-hybridized carbons (Fsp3) is 0.148. The number of nitrogens with zero attached hydrogens (tertiary/aromatic N) is 4. The highest BCUT2D eigenvalue weighted by Crippen LogP contribution is 2.30. The lowest BCUT2D eigenvalue weighted by atomic mass is 10.1. The van der Waals surface area contributed by atoms with Crippen molar-refractivity contribution in [1.82, 2.24) is 19.5 Å². The molecule has 3 aromatic carbocycles. The van der Waals surface area contributed by atoms with E-state index in [2.05, 4.69) is 26.3 Å². The molecule has 8 heteroatoms. The predicted molar refractivity (Wildman–Crippen MR) is 145 cm³/mol. The summed E-state index contributed by atoms with van der Waals surface area (Å²) in [5, 5.41) is 10.7. The number of rotatable bonds is 7. The van der Waals surface area contributed by atoms with Crippen LogP contribution in [0.2, 0.25) is 5.02 Å². The Hall–Kier alpha value is -3.42. The molecule has 0 bridgehead atoms. The molecule has 0 saturated heterocycles. The lowest BCUT2D eigenvalue weighted by molar-refractivity contribution is 0.0795. The van der Waals surface area contributed by atoms with Gasteiger partial charge in [-0.1, -0.05) is 60.1 Å². The van der Waals surface area contributed by atoms with E-state index < -0.39 is 0 Å². The molecule has 0 atom stereocenters. The summed E-state index contributed by atoms with van der Waals surface area (Å²) in [6, 6.07) is 23.5. The van der Waals surface area contributed by atoms with E-state index in [1.54, 1.807) is 15.6 Å². The molecule has 0 unspecified atom stereocenters. The van der Waals surface area contributed by atoms with Crippen molar-refractivity contribution in [2.45, 2.75) is 6.42 Å². The first kappa shape index (κ1) is 23.3. The van der Waals surface area contributed by atoms with Gasteiger partial charge in [-0.2, -0.15) is 9.61 Å². The summed E-state index contributed by atoms with van der Waals surface area (Å²) in [5.41, 5.74) is 3.01. The summed E-state index contributed by atoms with van der Waals surface area (Å²) in [4.78, 5) is 19.4. The van der Waals surface area contributed by atoms with E-state index in [-0.39, 0.29) is 5.91 Å². The van der Waals surface area contributed by atoms with Gasteiger partial charge in [0.25, 0.3) is 5.91 Å². The van der Waals surface area contributed by atoms with Gasteiger partial charge in [-0.3, -0.25) is 4.79 Å². The molecule has 35 heavy (non-hydrogen) atoms. The van der Waals surface area contributed by atoms with Crippen molar-refractivity contribution in [2.24, 2.45) is 0 Å². The third-order valence-corrected chi connectivity index (χ3v) is 6.79. The summed E-state index contributed by atoms with van der Waals surface area (Å²) >= 11 is 9.95. The van der Waals surface area contributed by atoms with Crippen LogP contribution in [0.1, 0.15) is 16.8 Å². The topological polar surface area (TPSA) is 62.5 Å². The number of carbonyl (C=O) groups is 1. The first-order valence-electron chi connectivity index (χ1n) is 11.3. The maximum Gasteiger partial charge on any atom is 0.253 e. The zero-order valence-electron chi connectivity index (χ0n) is 19.1. The third kappa shape index (κ3) is 4.88. The molecular weight excluding hydrogens is 526 g/mol. The number of nitrogens with one attached hydrogen (secondary N) is 1. The van der Waals surface area contributed by atoms with Crippen LogP contribution in [0, 0.1) is 0 Å². The zero-order chi connectivity index (χ0) is 24.4. The Balaban J connectivity index is 1.27. The van der Waals surface area contributed by atoms with Crippen LogP contribution in [0.3, 0.4) is 0 Å². The number of benzene rings is 3. The van der Waals surface area contributed by atoms with Crippen LogP contribution in [0.4, 0.5) is 5.82 Å². The van der Waals surface area contributed by atoms with Crippen LogP contribution in [0.15, 0.2) is 83.5 Å². The van der Waals surface area contributed by atoms with E-state index in [4.69, 9.17) is 16.6 Å². The first-order valence-corrected chi connectivity index (χ1v) is 12.5. The molecule has 2 heterocycles. The van der Waals surface area contributed by atoms with Gasteiger partial charge < -0.3 is 10.2 Å². The van der Waals surface area contributed by atoms with Crippen LogP contribution in [-0.4, -0.2) is 45.5 Å². The number of aromatic nitrogens is 3. The SMILES string of the molecule is CN(CCCNc1cc(-c2ccccc2Cl)nc2c(Br)cnn12)C(=O)c1ccc2ccccc2c1. The van der Waals surface area contributed by atoms with Crippen molar-refractivity contribution in [1.29, 1.82) is 0 Å². The molecule has 0 aliphatic rings. The standard InChI is InChI=1S/C27H23BrClN5O/c1-33(27(35)20-12-11-18-7-2-3-8-19(18)15-20)14-6-13-30-25-16-24(21-9-4-5-10-23(21)29)32-26-22(28)17-31-34(25)26/h2-5,7-12,15-17,30H,6,13-14H2,1H3. The molecule has 0 aliphatic carbocycles. The maximum absolute atomic E-state index is 12.9. The van der Waals surface area contributed by atoms with E-state index in [1.807, 2.05) is 79.8 Å². The van der Waals surface area contributed by atoms with Crippen molar-refractivity contribution >= 4 is 55.7 Å². The summed E-state index contributed by atoms with van der Waals surface area (Å²) < 4.78 is 2.56. The molecule has 0 fully saturated rings. The molecule has 0 aliphatic heterocycles. The Bertz CT molecular complexity index is 1530. The summed E-state index contributed by atoms with van der Waals surface area (Å²) in [5.74, 6) is 0.818. The fourth-order valence-electron chi connectivity index (χ4n) is 4.05. The van der Waals surface area contributed by atoms with Crippen molar-refractivity contribution in [3.8, 4) is 11.3 Å². The molecule has 0 spiro atoms. The highest BCUT2D eigenvalue weighted by atomic mass is 79.9. The van der Waals surface area contributed by atoms with Crippen LogP contribution in [0.25, 0.3) is 27.7 Å². The van der Waals surface area contributed by atoms with Crippen molar-refractivity contribution in [2.75, 3.05) is 25.5 Å². The van der Waals surface area contributed by atoms with Gasteiger partial charge in [0, 0.05) is 42.4 Å². The van der Waals surface area contributed by atoms with Crippen molar-refractivity contribution in [3.05, 3.63) is 94.1 Å². The number of anilines is 1. The number of amides is 1. The van der Waals surface area contributed by atoms with Crippen molar-refractivity contribution < 1.29 is 4.79 Å².